The number of hydrogen-bond donors (Lipinski definition) is 1. The molecular weight excluding hydrogens is 319 g/mol. The molecule has 1 unspecified atom stereocenters. The highest BCUT2D eigenvalue weighted by atomic mass is 19.1. The van der Waals surface area contributed by atoms with Crippen LogP contribution in [0.4, 0.5) is 4.39 Å². The number of aliphatic hydroxyl groups is 1. The number of hydrogen-bond acceptors (Lipinski definition) is 3. The van der Waals surface area contributed by atoms with Crippen molar-refractivity contribution in [2.24, 2.45) is 5.92 Å². The molecule has 3 rings (SSSR count). The van der Waals surface area contributed by atoms with Crippen LogP contribution >= 0.6 is 0 Å². The van der Waals surface area contributed by atoms with Crippen molar-refractivity contribution in [3.05, 3.63) is 65.7 Å². The number of carbonyl (C=O) groups excluding carboxylic acids is 1. The number of aromatic nitrogens is 1. The van der Waals surface area contributed by atoms with Crippen molar-refractivity contribution in [1.82, 2.24) is 9.88 Å². The van der Waals surface area contributed by atoms with Crippen LogP contribution in [-0.2, 0) is 11.2 Å². The molecule has 1 fully saturated rings. The zero-order valence-corrected chi connectivity index (χ0v) is 14.1. The second-order valence-corrected chi connectivity index (χ2v) is 6.59. The third-order valence-corrected chi connectivity index (χ3v) is 4.87. The molecule has 1 aromatic carbocycles. The molecule has 1 N–H and O–H groups in total. The molecule has 1 saturated heterocycles. The Kier molecular flexibility index (Phi) is 5.76. The predicted molar refractivity (Wildman–Crippen MR) is 93.2 cm³/mol. The Bertz CT molecular complexity index is 700. The van der Waals surface area contributed by atoms with Gasteiger partial charge in [-0.05, 0) is 42.4 Å². The molecular formula is C20H23FN2O2. The summed E-state index contributed by atoms with van der Waals surface area (Å²) in [4.78, 5) is 18.0. The largest absolute Gasteiger partial charge is 0.388 e. The minimum absolute atomic E-state index is 0.0805. The molecule has 2 aromatic rings. The zero-order chi connectivity index (χ0) is 17.6. The first-order valence-electron chi connectivity index (χ1n) is 8.73. The highest BCUT2D eigenvalue weighted by molar-refractivity contribution is 5.76. The van der Waals surface area contributed by atoms with E-state index in [0.29, 0.717) is 25.9 Å². The average molecular weight is 342 g/mol. The van der Waals surface area contributed by atoms with Crippen molar-refractivity contribution in [3.8, 4) is 0 Å². The lowest BCUT2D eigenvalue weighted by Gasteiger charge is -2.34. The van der Waals surface area contributed by atoms with Gasteiger partial charge in [0.15, 0.2) is 0 Å². The summed E-state index contributed by atoms with van der Waals surface area (Å²) in [5.74, 6) is -0.114. The van der Waals surface area contributed by atoms with Gasteiger partial charge in [0.25, 0.3) is 0 Å². The number of aryl methyl sites for hydroxylation is 1. The van der Waals surface area contributed by atoms with E-state index in [0.717, 1.165) is 30.2 Å². The number of likely N-dealkylation sites (tertiary alicyclic amines) is 1. The molecule has 0 saturated carbocycles. The molecule has 1 atom stereocenters. The summed E-state index contributed by atoms with van der Waals surface area (Å²) in [5, 5.41) is 10.5. The molecule has 1 aromatic heterocycles. The van der Waals surface area contributed by atoms with Gasteiger partial charge in [-0.2, -0.15) is 0 Å². The Balaban J connectivity index is 1.47. The molecule has 1 aliphatic heterocycles. The van der Waals surface area contributed by atoms with Crippen molar-refractivity contribution in [2.45, 2.75) is 31.8 Å². The van der Waals surface area contributed by atoms with Gasteiger partial charge in [0, 0.05) is 25.7 Å². The van der Waals surface area contributed by atoms with Crippen LogP contribution in [0, 0.1) is 11.7 Å². The number of piperidine rings is 1. The van der Waals surface area contributed by atoms with Crippen LogP contribution in [0.3, 0.4) is 0 Å². The normalized spacial score (nSPS) is 16.6. The Morgan fingerprint density at radius 1 is 1.24 bits per heavy atom. The highest BCUT2D eigenvalue weighted by Crippen LogP contribution is 2.30. The summed E-state index contributed by atoms with van der Waals surface area (Å²) in [5.41, 5.74) is 1.67. The highest BCUT2D eigenvalue weighted by Gasteiger charge is 2.27. The molecule has 4 nitrogen and oxygen atoms in total. The number of aliphatic hydroxyl groups excluding tert-OH is 1. The fourth-order valence-electron chi connectivity index (χ4n) is 3.39. The van der Waals surface area contributed by atoms with Crippen LogP contribution in [-0.4, -0.2) is 34.0 Å². The third kappa shape index (κ3) is 4.63. The van der Waals surface area contributed by atoms with Gasteiger partial charge in [0.05, 0.1) is 12.3 Å². The van der Waals surface area contributed by atoms with Crippen LogP contribution in [0.25, 0.3) is 0 Å². The van der Waals surface area contributed by atoms with E-state index in [-0.39, 0.29) is 17.6 Å². The van der Waals surface area contributed by atoms with E-state index in [1.807, 2.05) is 35.2 Å². The zero-order valence-electron chi connectivity index (χ0n) is 14.1. The van der Waals surface area contributed by atoms with E-state index in [4.69, 9.17) is 0 Å². The molecule has 0 spiro atoms. The molecule has 0 aliphatic carbocycles. The smallest absolute Gasteiger partial charge is 0.222 e. The first kappa shape index (κ1) is 17.5. The quantitative estimate of drug-likeness (QED) is 0.908. The second-order valence-electron chi connectivity index (χ2n) is 6.59. The SMILES string of the molecule is O=C(CCc1cncc(F)c1)N1CCC(C(O)c2ccccc2)CC1. The first-order chi connectivity index (χ1) is 12.1. The van der Waals surface area contributed by atoms with Crippen molar-refractivity contribution >= 4 is 5.91 Å². The minimum atomic E-state index is -0.475. The lowest BCUT2D eigenvalue weighted by atomic mass is 9.87. The molecule has 5 heteroatoms. The summed E-state index contributed by atoms with van der Waals surface area (Å²) >= 11 is 0. The predicted octanol–water partition coefficient (Wildman–Crippen LogP) is 3.13. The van der Waals surface area contributed by atoms with Gasteiger partial charge in [-0.3, -0.25) is 9.78 Å². The molecule has 0 radical (unpaired) electrons. The summed E-state index contributed by atoms with van der Waals surface area (Å²) in [6, 6.07) is 11.1. The van der Waals surface area contributed by atoms with E-state index in [1.54, 1.807) is 6.20 Å². The third-order valence-electron chi connectivity index (χ3n) is 4.87. The maximum atomic E-state index is 13.1. The Labute approximate surface area is 147 Å². The topological polar surface area (TPSA) is 53.4 Å². The van der Waals surface area contributed by atoms with Crippen molar-refractivity contribution in [1.29, 1.82) is 0 Å². The molecule has 25 heavy (non-hydrogen) atoms. The van der Waals surface area contributed by atoms with Gasteiger partial charge in [-0.15, -0.1) is 0 Å². The van der Waals surface area contributed by atoms with Gasteiger partial charge in [-0.1, -0.05) is 30.3 Å². The van der Waals surface area contributed by atoms with Crippen molar-refractivity contribution in [2.75, 3.05) is 13.1 Å². The molecule has 2 heterocycles. The van der Waals surface area contributed by atoms with Crippen molar-refractivity contribution in [3.63, 3.8) is 0 Å². The number of amides is 1. The number of carbonyl (C=O) groups is 1. The molecule has 132 valence electrons. The van der Waals surface area contributed by atoms with Crippen LogP contribution < -0.4 is 0 Å². The molecule has 1 amide bonds. The number of benzene rings is 1. The maximum Gasteiger partial charge on any atom is 0.222 e. The van der Waals surface area contributed by atoms with Crippen LogP contribution in [0.5, 0.6) is 0 Å². The van der Waals surface area contributed by atoms with Gasteiger partial charge >= 0.3 is 0 Å². The standard InChI is InChI=1S/C20H23FN2O2/c21-18-12-15(13-22-14-18)6-7-19(24)23-10-8-17(9-11-23)20(25)16-4-2-1-3-5-16/h1-5,12-14,17,20,25H,6-11H2. The number of nitrogens with zero attached hydrogens (tertiary/aromatic N) is 2. The lowest BCUT2D eigenvalue weighted by Crippen LogP contribution is -2.39. The van der Waals surface area contributed by atoms with E-state index in [1.165, 1.54) is 6.07 Å². The van der Waals surface area contributed by atoms with E-state index >= 15 is 0 Å². The summed E-state index contributed by atoms with van der Waals surface area (Å²) < 4.78 is 13.1. The Hall–Kier alpha value is -2.27. The molecule has 0 bridgehead atoms. The second kappa shape index (κ2) is 8.21. The van der Waals surface area contributed by atoms with Crippen LogP contribution in [0.1, 0.15) is 36.5 Å². The summed E-state index contributed by atoms with van der Waals surface area (Å²) in [6.07, 6.45) is 4.73. The summed E-state index contributed by atoms with van der Waals surface area (Å²) in [6.45, 7) is 1.32. The Morgan fingerprint density at radius 2 is 1.96 bits per heavy atom. The fraction of sp³-hybridized carbons (Fsp3) is 0.400. The first-order valence-corrected chi connectivity index (χ1v) is 8.73. The van der Waals surface area contributed by atoms with Crippen LogP contribution in [0.15, 0.2) is 48.8 Å². The maximum absolute atomic E-state index is 13.1. The minimum Gasteiger partial charge on any atom is -0.388 e. The number of rotatable bonds is 5. The van der Waals surface area contributed by atoms with Gasteiger partial charge in [0.2, 0.25) is 5.91 Å². The lowest BCUT2D eigenvalue weighted by molar-refractivity contribution is -0.133. The van der Waals surface area contributed by atoms with Gasteiger partial charge < -0.3 is 10.0 Å². The average Bonchev–Trinajstić information content (AvgIpc) is 2.66. The van der Waals surface area contributed by atoms with E-state index in [9.17, 15) is 14.3 Å². The van der Waals surface area contributed by atoms with E-state index in [2.05, 4.69) is 4.98 Å². The van der Waals surface area contributed by atoms with Crippen molar-refractivity contribution < 1.29 is 14.3 Å². The molecule has 1 aliphatic rings. The number of pyridine rings is 1. The van der Waals surface area contributed by atoms with Crippen LogP contribution in [0.2, 0.25) is 0 Å². The van der Waals surface area contributed by atoms with E-state index < -0.39 is 6.10 Å². The number of halogens is 1. The van der Waals surface area contributed by atoms with Gasteiger partial charge in [-0.25, -0.2) is 4.39 Å². The summed E-state index contributed by atoms with van der Waals surface area (Å²) in [7, 11) is 0. The fourth-order valence-corrected chi connectivity index (χ4v) is 3.39. The van der Waals surface area contributed by atoms with Gasteiger partial charge in [0.1, 0.15) is 5.82 Å². The monoisotopic (exact) mass is 342 g/mol. The Morgan fingerprint density at radius 3 is 2.64 bits per heavy atom.